The quantitative estimate of drug-likeness (QED) is 0.531. The summed E-state index contributed by atoms with van der Waals surface area (Å²) in [4.78, 5) is 17.6. The molecule has 3 fully saturated rings. The predicted molar refractivity (Wildman–Crippen MR) is 50.6 cm³/mol. The molecule has 0 aromatic rings. The zero-order valence-corrected chi connectivity index (χ0v) is 8.53. The molecule has 0 radical (unpaired) electrons. The molecule has 0 N–H and O–H groups in total. The lowest BCUT2D eigenvalue weighted by atomic mass is 9.89. The largest absolute Gasteiger partial charge is 0.331 e. The van der Waals surface area contributed by atoms with Crippen molar-refractivity contribution in [3.63, 3.8) is 0 Å². The number of rotatable bonds is 0. The van der Waals surface area contributed by atoms with Crippen LogP contribution in [0.2, 0.25) is 0 Å². The minimum absolute atomic E-state index is 0.155. The Morgan fingerprint density at radius 1 is 1.31 bits per heavy atom. The number of fused-ring (bicyclic) bond motifs is 2. The Morgan fingerprint density at radius 3 is 2.23 bits per heavy atom. The van der Waals surface area contributed by atoms with E-state index in [1.54, 1.807) is 4.90 Å². The van der Waals surface area contributed by atoms with Crippen LogP contribution in [0.3, 0.4) is 0 Å². The van der Waals surface area contributed by atoms with Gasteiger partial charge in [0, 0.05) is 39.3 Å². The van der Waals surface area contributed by atoms with Crippen molar-refractivity contribution in [3.05, 3.63) is 0 Å². The second kappa shape index (κ2) is 2.87. The maximum absolute atomic E-state index is 11.6. The molecule has 2 atom stereocenters. The van der Waals surface area contributed by atoms with E-state index < -0.39 is 0 Å². The molecule has 3 aliphatic rings. The molecule has 2 amide bonds. The van der Waals surface area contributed by atoms with Gasteiger partial charge in [0.2, 0.25) is 0 Å². The summed E-state index contributed by atoms with van der Waals surface area (Å²) in [6.45, 7) is 1.81. The van der Waals surface area contributed by atoms with Crippen LogP contribution in [0, 0.1) is 0 Å². The number of piperazine rings is 1. The Hall–Kier alpha value is -0.770. The van der Waals surface area contributed by atoms with Crippen molar-refractivity contribution in [2.45, 2.75) is 18.5 Å². The van der Waals surface area contributed by atoms with E-state index in [0.29, 0.717) is 12.1 Å². The first kappa shape index (κ1) is 8.81. The molecule has 0 spiro atoms. The van der Waals surface area contributed by atoms with Crippen LogP contribution in [0.25, 0.3) is 0 Å². The van der Waals surface area contributed by atoms with Gasteiger partial charge < -0.3 is 9.80 Å². The number of likely N-dealkylation sites (N-methyl/N-ethyl adjacent to an activating group) is 1. The van der Waals surface area contributed by atoms with Crippen LogP contribution in [0.4, 0.5) is 4.79 Å². The van der Waals surface area contributed by atoms with E-state index in [2.05, 4.69) is 11.9 Å². The van der Waals surface area contributed by atoms with Crippen LogP contribution >= 0.6 is 0 Å². The normalized spacial score (nSPS) is 32.7. The molecular weight excluding hydrogens is 166 g/mol. The van der Waals surface area contributed by atoms with Gasteiger partial charge in [-0.1, -0.05) is 0 Å². The van der Waals surface area contributed by atoms with Gasteiger partial charge in [-0.2, -0.15) is 0 Å². The molecule has 3 aliphatic heterocycles. The van der Waals surface area contributed by atoms with Gasteiger partial charge in [0.25, 0.3) is 0 Å². The summed E-state index contributed by atoms with van der Waals surface area (Å²) in [7, 11) is 5.77. The van der Waals surface area contributed by atoms with Gasteiger partial charge in [0.15, 0.2) is 0 Å². The maximum Gasteiger partial charge on any atom is 0.319 e. The first-order valence-electron chi connectivity index (χ1n) is 4.77. The third-order valence-electron chi connectivity index (χ3n) is 3.21. The smallest absolute Gasteiger partial charge is 0.319 e. The number of hydrogen-bond acceptors (Lipinski definition) is 2. The molecule has 4 heteroatoms. The van der Waals surface area contributed by atoms with Gasteiger partial charge in [0.1, 0.15) is 0 Å². The number of urea groups is 1. The molecule has 74 valence electrons. The predicted octanol–water partition coefficient (Wildman–Crippen LogP) is 0.0563. The summed E-state index contributed by atoms with van der Waals surface area (Å²) in [6, 6.07) is 1.38. The van der Waals surface area contributed by atoms with Gasteiger partial charge in [-0.3, -0.25) is 4.90 Å². The third kappa shape index (κ3) is 1.29. The van der Waals surface area contributed by atoms with Crippen LogP contribution in [-0.4, -0.2) is 67.0 Å². The molecule has 0 aromatic carbocycles. The average Bonchev–Trinajstić information content (AvgIpc) is 2.15. The zero-order valence-electron chi connectivity index (χ0n) is 8.53. The van der Waals surface area contributed by atoms with E-state index in [-0.39, 0.29) is 6.03 Å². The van der Waals surface area contributed by atoms with E-state index >= 15 is 0 Å². The van der Waals surface area contributed by atoms with E-state index in [0.717, 1.165) is 13.1 Å². The van der Waals surface area contributed by atoms with Crippen molar-refractivity contribution in [1.29, 1.82) is 0 Å². The van der Waals surface area contributed by atoms with Gasteiger partial charge in [0.05, 0.1) is 0 Å². The van der Waals surface area contributed by atoms with Crippen LogP contribution in [0.1, 0.15) is 6.42 Å². The molecule has 3 saturated heterocycles. The number of nitrogens with zero attached hydrogens (tertiary/aromatic N) is 3. The molecule has 0 aliphatic carbocycles. The van der Waals surface area contributed by atoms with Crippen LogP contribution in [0.15, 0.2) is 0 Å². The summed E-state index contributed by atoms with van der Waals surface area (Å²) in [5.74, 6) is 0. The summed E-state index contributed by atoms with van der Waals surface area (Å²) in [5.41, 5.74) is 0. The first-order valence-corrected chi connectivity index (χ1v) is 4.77. The fourth-order valence-corrected chi connectivity index (χ4v) is 2.24. The van der Waals surface area contributed by atoms with Crippen molar-refractivity contribution in [1.82, 2.24) is 14.7 Å². The minimum Gasteiger partial charge on any atom is -0.331 e. The number of hydrogen-bond donors (Lipinski definition) is 0. The topological polar surface area (TPSA) is 26.8 Å². The Morgan fingerprint density at radius 2 is 1.85 bits per heavy atom. The highest BCUT2D eigenvalue weighted by Crippen LogP contribution is 2.30. The molecule has 3 rings (SSSR count). The van der Waals surface area contributed by atoms with Crippen LogP contribution in [0.5, 0.6) is 0 Å². The molecular formula is C9H17N3O. The van der Waals surface area contributed by atoms with Crippen molar-refractivity contribution >= 4 is 6.03 Å². The third-order valence-corrected chi connectivity index (χ3v) is 3.21. The molecule has 2 bridgehead atoms. The Balaban J connectivity index is 1.95. The second-order valence-corrected chi connectivity index (χ2v) is 4.29. The zero-order chi connectivity index (χ0) is 9.59. The lowest BCUT2D eigenvalue weighted by molar-refractivity contribution is -0.0376. The van der Waals surface area contributed by atoms with Gasteiger partial charge in [-0.25, -0.2) is 4.79 Å². The lowest BCUT2D eigenvalue weighted by Gasteiger charge is -2.54. The molecule has 0 aromatic heterocycles. The monoisotopic (exact) mass is 183 g/mol. The van der Waals surface area contributed by atoms with Crippen LogP contribution in [-0.2, 0) is 0 Å². The highest BCUT2D eigenvalue weighted by atomic mass is 16.2. The maximum atomic E-state index is 11.6. The van der Waals surface area contributed by atoms with Crippen molar-refractivity contribution in [3.8, 4) is 0 Å². The van der Waals surface area contributed by atoms with E-state index in [9.17, 15) is 4.79 Å². The number of amides is 2. The summed E-state index contributed by atoms with van der Waals surface area (Å²) in [5, 5.41) is 0. The molecule has 0 saturated carbocycles. The Labute approximate surface area is 79.1 Å². The highest BCUT2D eigenvalue weighted by molar-refractivity contribution is 5.74. The van der Waals surface area contributed by atoms with Gasteiger partial charge >= 0.3 is 6.03 Å². The van der Waals surface area contributed by atoms with E-state index in [1.165, 1.54) is 6.42 Å². The summed E-state index contributed by atoms with van der Waals surface area (Å²) < 4.78 is 0. The Kier molecular flexibility index (Phi) is 1.95. The average molecular weight is 183 g/mol. The standard InChI is InChI=1S/C9H17N3O/c1-10(2)9(13)12-5-7-4-8(6-12)11(7)3/h7-8H,4-6H2,1-3H3. The van der Waals surface area contributed by atoms with Gasteiger partial charge in [-0.15, -0.1) is 0 Å². The van der Waals surface area contributed by atoms with Crippen LogP contribution < -0.4 is 0 Å². The molecule has 2 unspecified atom stereocenters. The summed E-state index contributed by atoms with van der Waals surface area (Å²) in [6.07, 6.45) is 1.27. The van der Waals surface area contributed by atoms with Gasteiger partial charge in [-0.05, 0) is 13.5 Å². The fourth-order valence-electron chi connectivity index (χ4n) is 2.24. The van der Waals surface area contributed by atoms with Crippen molar-refractivity contribution < 1.29 is 4.79 Å². The number of carbonyl (C=O) groups excluding carboxylic acids is 1. The first-order chi connectivity index (χ1) is 6.09. The fraction of sp³-hybridized carbons (Fsp3) is 0.889. The number of carbonyl (C=O) groups is 1. The van der Waals surface area contributed by atoms with Crippen molar-refractivity contribution in [2.75, 3.05) is 34.2 Å². The minimum atomic E-state index is 0.155. The van der Waals surface area contributed by atoms with E-state index in [1.807, 2.05) is 19.0 Å². The Bertz CT molecular complexity index is 217. The molecule has 3 heterocycles. The van der Waals surface area contributed by atoms with E-state index in [4.69, 9.17) is 0 Å². The molecule has 4 nitrogen and oxygen atoms in total. The molecule has 13 heavy (non-hydrogen) atoms. The number of piperidine rings is 1. The summed E-state index contributed by atoms with van der Waals surface area (Å²) >= 11 is 0. The lowest BCUT2D eigenvalue weighted by Crippen LogP contribution is -2.68. The second-order valence-electron chi connectivity index (χ2n) is 4.29. The van der Waals surface area contributed by atoms with Crippen molar-refractivity contribution in [2.24, 2.45) is 0 Å². The highest BCUT2D eigenvalue weighted by Gasteiger charge is 2.43. The SMILES string of the molecule is CN(C)C(=O)N1CC2CC(C1)N2C.